The number of hydrogen-bond acceptors (Lipinski definition) is 2. The minimum Gasteiger partial charge on any atom is -0.374 e. The van der Waals surface area contributed by atoms with Crippen LogP contribution in [0.5, 0.6) is 0 Å². The summed E-state index contributed by atoms with van der Waals surface area (Å²) in [5.74, 6) is 0.143. The molecule has 16 heavy (non-hydrogen) atoms. The predicted octanol–water partition coefficient (Wildman–Crippen LogP) is 1.34. The minimum absolute atomic E-state index is 0.143. The summed E-state index contributed by atoms with van der Waals surface area (Å²) in [7, 11) is 2.08. The van der Waals surface area contributed by atoms with E-state index in [2.05, 4.69) is 18.0 Å². The summed E-state index contributed by atoms with van der Waals surface area (Å²) in [6.45, 7) is 1.70. The summed E-state index contributed by atoms with van der Waals surface area (Å²) in [5, 5.41) is 0. The van der Waals surface area contributed by atoms with Crippen molar-refractivity contribution in [1.82, 2.24) is 9.80 Å². The molecule has 0 N–H and O–H groups in total. The monoisotopic (exact) mass is 214 g/mol. The Labute approximate surface area is 95.0 Å². The molecule has 0 aromatic heterocycles. The lowest BCUT2D eigenvalue weighted by atomic mass is 10.1. The van der Waals surface area contributed by atoms with Crippen LogP contribution in [0.15, 0.2) is 42.1 Å². The van der Waals surface area contributed by atoms with E-state index in [1.807, 2.05) is 35.2 Å². The molecule has 3 rings (SSSR count). The first-order chi connectivity index (χ1) is 7.75. The SMILES string of the molecule is CN1C[C@H]2C=C1CN2C(=O)c1ccccc1. The molecule has 0 saturated carbocycles. The topological polar surface area (TPSA) is 23.6 Å². The van der Waals surface area contributed by atoms with Crippen LogP contribution in [0.1, 0.15) is 10.4 Å². The van der Waals surface area contributed by atoms with Crippen LogP contribution in [0.3, 0.4) is 0 Å². The van der Waals surface area contributed by atoms with E-state index < -0.39 is 0 Å². The van der Waals surface area contributed by atoms with Gasteiger partial charge < -0.3 is 9.80 Å². The van der Waals surface area contributed by atoms with Gasteiger partial charge in [0, 0.05) is 24.9 Å². The molecule has 3 nitrogen and oxygen atoms in total. The summed E-state index contributed by atoms with van der Waals surface area (Å²) in [4.78, 5) is 16.4. The van der Waals surface area contributed by atoms with Gasteiger partial charge in [0.1, 0.15) is 0 Å². The number of piperazine rings is 1. The highest BCUT2D eigenvalue weighted by atomic mass is 16.2. The van der Waals surface area contributed by atoms with E-state index in [1.165, 1.54) is 5.70 Å². The Hall–Kier alpha value is -1.77. The maximum absolute atomic E-state index is 12.2. The van der Waals surface area contributed by atoms with E-state index in [0.717, 1.165) is 18.7 Å². The molecule has 1 atom stereocenters. The third kappa shape index (κ3) is 1.32. The summed E-state index contributed by atoms with van der Waals surface area (Å²) < 4.78 is 0. The van der Waals surface area contributed by atoms with Gasteiger partial charge in [0.15, 0.2) is 0 Å². The van der Waals surface area contributed by atoms with Crippen LogP contribution in [0.4, 0.5) is 0 Å². The first-order valence-electron chi connectivity index (χ1n) is 5.53. The molecular formula is C13H14N2O. The Kier molecular flexibility index (Phi) is 1.99. The van der Waals surface area contributed by atoms with E-state index in [4.69, 9.17) is 0 Å². The molecular weight excluding hydrogens is 200 g/mol. The quantitative estimate of drug-likeness (QED) is 0.704. The highest BCUT2D eigenvalue weighted by Crippen LogP contribution is 2.27. The van der Waals surface area contributed by atoms with Crippen LogP contribution in [-0.4, -0.2) is 41.9 Å². The third-order valence-electron chi connectivity index (χ3n) is 3.35. The normalized spacial score (nSPS) is 22.6. The Balaban J connectivity index is 1.80. The number of fused-ring (bicyclic) bond motifs is 1. The lowest BCUT2D eigenvalue weighted by Crippen LogP contribution is -2.45. The van der Waals surface area contributed by atoms with E-state index in [0.29, 0.717) is 0 Å². The number of hydrogen-bond donors (Lipinski definition) is 0. The summed E-state index contributed by atoms with van der Waals surface area (Å²) in [6.07, 6.45) is 2.20. The number of nitrogens with zero attached hydrogens (tertiary/aromatic N) is 2. The second kappa shape index (κ2) is 3.37. The fraction of sp³-hybridized carbons (Fsp3) is 0.308. The standard InChI is InChI=1S/C13H14N2O/c1-14-8-12-7-11(14)9-15(12)13(16)10-5-3-2-4-6-10/h2-7,12H,8-9H2,1H3/t12-/m1/s1. The Morgan fingerprint density at radius 1 is 1.31 bits per heavy atom. The number of likely N-dealkylation sites (N-methyl/N-ethyl adjacent to an activating group) is 1. The van der Waals surface area contributed by atoms with Crippen LogP contribution in [0.2, 0.25) is 0 Å². The molecule has 1 aromatic carbocycles. The number of carbonyl (C=O) groups excluding carboxylic acids is 1. The smallest absolute Gasteiger partial charge is 0.254 e. The number of rotatable bonds is 1. The molecule has 0 radical (unpaired) electrons. The molecule has 0 unspecified atom stereocenters. The molecule has 1 aromatic rings. The van der Waals surface area contributed by atoms with Gasteiger partial charge in [-0.3, -0.25) is 4.79 Å². The van der Waals surface area contributed by atoms with Gasteiger partial charge in [0.05, 0.1) is 12.6 Å². The van der Waals surface area contributed by atoms with E-state index >= 15 is 0 Å². The second-order valence-corrected chi connectivity index (χ2v) is 4.40. The van der Waals surface area contributed by atoms with Crippen LogP contribution < -0.4 is 0 Å². The van der Waals surface area contributed by atoms with Crippen molar-refractivity contribution in [3.05, 3.63) is 47.7 Å². The molecule has 1 amide bonds. The second-order valence-electron chi connectivity index (χ2n) is 4.40. The first kappa shape index (κ1) is 9.46. The van der Waals surface area contributed by atoms with Crippen LogP contribution >= 0.6 is 0 Å². The van der Waals surface area contributed by atoms with Crippen molar-refractivity contribution in [2.45, 2.75) is 6.04 Å². The van der Waals surface area contributed by atoms with Crippen molar-refractivity contribution >= 4 is 5.91 Å². The van der Waals surface area contributed by atoms with Gasteiger partial charge in [-0.1, -0.05) is 18.2 Å². The fourth-order valence-electron chi connectivity index (χ4n) is 2.42. The van der Waals surface area contributed by atoms with Gasteiger partial charge in [0.2, 0.25) is 0 Å². The number of amides is 1. The molecule has 0 spiro atoms. The van der Waals surface area contributed by atoms with E-state index in [-0.39, 0.29) is 11.9 Å². The van der Waals surface area contributed by atoms with Crippen molar-refractivity contribution < 1.29 is 4.79 Å². The summed E-state index contributed by atoms with van der Waals surface area (Å²) >= 11 is 0. The molecule has 2 heterocycles. The number of benzene rings is 1. The third-order valence-corrected chi connectivity index (χ3v) is 3.35. The lowest BCUT2D eigenvalue weighted by Gasteiger charge is -2.32. The maximum atomic E-state index is 12.2. The maximum Gasteiger partial charge on any atom is 0.254 e. The highest BCUT2D eigenvalue weighted by molar-refractivity contribution is 5.95. The van der Waals surface area contributed by atoms with Crippen molar-refractivity contribution in [2.24, 2.45) is 0 Å². The Bertz CT molecular complexity index is 452. The largest absolute Gasteiger partial charge is 0.374 e. The number of carbonyl (C=O) groups is 1. The Morgan fingerprint density at radius 2 is 2.06 bits per heavy atom. The van der Waals surface area contributed by atoms with Gasteiger partial charge in [-0.25, -0.2) is 0 Å². The van der Waals surface area contributed by atoms with E-state index in [1.54, 1.807) is 0 Å². The summed E-state index contributed by atoms with van der Waals surface area (Å²) in [6, 6.07) is 9.77. The van der Waals surface area contributed by atoms with Gasteiger partial charge >= 0.3 is 0 Å². The average molecular weight is 214 g/mol. The van der Waals surface area contributed by atoms with Crippen LogP contribution in [0, 0.1) is 0 Å². The zero-order valence-corrected chi connectivity index (χ0v) is 9.26. The van der Waals surface area contributed by atoms with E-state index in [9.17, 15) is 4.79 Å². The zero-order chi connectivity index (χ0) is 11.1. The van der Waals surface area contributed by atoms with Crippen molar-refractivity contribution in [1.29, 1.82) is 0 Å². The first-order valence-corrected chi connectivity index (χ1v) is 5.53. The lowest BCUT2D eigenvalue weighted by molar-refractivity contribution is 0.0694. The van der Waals surface area contributed by atoms with Crippen molar-refractivity contribution in [3.63, 3.8) is 0 Å². The van der Waals surface area contributed by atoms with Gasteiger partial charge in [-0.05, 0) is 18.2 Å². The van der Waals surface area contributed by atoms with Gasteiger partial charge in [0.25, 0.3) is 5.91 Å². The molecule has 3 heteroatoms. The van der Waals surface area contributed by atoms with Crippen LogP contribution in [-0.2, 0) is 0 Å². The van der Waals surface area contributed by atoms with Gasteiger partial charge in [-0.15, -0.1) is 0 Å². The molecule has 0 aliphatic carbocycles. The molecule has 82 valence electrons. The average Bonchev–Trinajstić information content (AvgIpc) is 2.88. The molecule has 0 saturated heterocycles. The minimum atomic E-state index is 0.143. The molecule has 2 aliphatic heterocycles. The highest BCUT2D eigenvalue weighted by Gasteiger charge is 2.36. The van der Waals surface area contributed by atoms with Crippen molar-refractivity contribution in [2.75, 3.05) is 20.1 Å². The predicted molar refractivity (Wildman–Crippen MR) is 62.0 cm³/mol. The zero-order valence-electron chi connectivity index (χ0n) is 9.26. The Morgan fingerprint density at radius 3 is 2.62 bits per heavy atom. The molecule has 2 bridgehead atoms. The fourth-order valence-corrected chi connectivity index (χ4v) is 2.42. The van der Waals surface area contributed by atoms with Crippen LogP contribution in [0.25, 0.3) is 0 Å². The molecule has 2 aliphatic rings. The summed E-state index contributed by atoms with van der Waals surface area (Å²) in [5.41, 5.74) is 2.06. The van der Waals surface area contributed by atoms with Gasteiger partial charge in [-0.2, -0.15) is 0 Å². The van der Waals surface area contributed by atoms with Crippen molar-refractivity contribution in [3.8, 4) is 0 Å². The molecule has 0 fully saturated rings.